The third-order valence-electron chi connectivity index (χ3n) is 4.17. The van der Waals surface area contributed by atoms with Crippen LogP contribution >= 0.6 is 0 Å². The molecule has 0 aliphatic carbocycles. The van der Waals surface area contributed by atoms with Crippen LogP contribution in [-0.2, 0) is 9.59 Å². The van der Waals surface area contributed by atoms with Crippen LogP contribution in [0.15, 0.2) is 42.5 Å². The SMILES string of the molecule is NC(=O)C1(F)CCN(CC(=O)Nc2cccc3ccccc23)C1. The van der Waals surface area contributed by atoms with Gasteiger partial charge in [-0.3, -0.25) is 14.5 Å². The van der Waals surface area contributed by atoms with Crippen molar-refractivity contribution >= 4 is 28.3 Å². The molecule has 1 unspecified atom stereocenters. The third kappa shape index (κ3) is 3.17. The number of nitrogens with one attached hydrogen (secondary N) is 1. The Bertz CT molecular complexity index is 759. The van der Waals surface area contributed by atoms with E-state index in [4.69, 9.17) is 5.73 Å². The molecule has 2 amide bonds. The molecule has 1 aliphatic heterocycles. The highest BCUT2D eigenvalue weighted by Crippen LogP contribution is 2.26. The molecule has 0 aromatic heterocycles. The van der Waals surface area contributed by atoms with Crippen molar-refractivity contribution in [2.45, 2.75) is 12.1 Å². The first-order valence-electron chi connectivity index (χ1n) is 7.47. The molecule has 0 saturated carbocycles. The van der Waals surface area contributed by atoms with E-state index >= 15 is 0 Å². The highest BCUT2D eigenvalue weighted by molar-refractivity contribution is 6.02. The maximum atomic E-state index is 14.1. The molecule has 3 N–H and O–H groups in total. The van der Waals surface area contributed by atoms with Gasteiger partial charge in [-0.05, 0) is 11.5 Å². The molecule has 1 saturated heterocycles. The first-order chi connectivity index (χ1) is 11.0. The van der Waals surface area contributed by atoms with Crippen LogP contribution in [0.3, 0.4) is 0 Å². The molecule has 1 atom stereocenters. The van der Waals surface area contributed by atoms with E-state index in [9.17, 15) is 14.0 Å². The number of primary amides is 1. The Hall–Kier alpha value is -2.47. The average Bonchev–Trinajstić information content (AvgIpc) is 2.90. The number of nitrogens with two attached hydrogens (primary N) is 1. The Balaban J connectivity index is 1.67. The Labute approximate surface area is 133 Å². The fourth-order valence-electron chi connectivity index (χ4n) is 2.91. The van der Waals surface area contributed by atoms with Crippen LogP contribution in [-0.4, -0.2) is 42.0 Å². The van der Waals surface area contributed by atoms with Crippen molar-refractivity contribution in [1.29, 1.82) is 0 Å². The largest absolute Gasteiger partial charge is 0.367 e. The van der Waals surface area contributed by atoms with E-state index in [0.717, 1.165) is 10.8 Å². The lowest BCUT2D eigenvalue weighted by Gasteiger charge is -2.18. The molecule has 23 heavy (non-hydrogen) atoms. The number of hydrogen-bond donors (Lipinski definition) is 2. The lowest BCUT2D eigenvalue weighted by molar-refractivity contribution is -0.129. The van der Waals surface area contributed by atoms with Crippen LogP contribution in [0.4, 0.5) is 10.1 Å². The van der Waals surface area contributed by atoms with E-state index in [-0.39, 0.29) is 25.4 Å². The normalized spacial score (nSPS) is 21.4. The zero-order valence-electron chi connectivity index (χ0n) is 12.6. The predicted octanol–water partition coefficient (Wildman–Crippen LogP) is 1.68. The molecule has 0 bridgehead atoms. The average molecular weight is 315 g/mol. The number of anilines is 1. The zero-order chi connectivity index (χ0) is 16.4. The second kappa shape index (κ2) is 5.96. The summed E-state index contributed by atoms with van der Waals surface area (Å²) in [6, 6.07) is 13.4. The van der Waals surface area contributed by atoms with Gasteiger partial charge in [0, 0.05) is 30.6 Å². The van der Waals surface area contributed by atoms with Crippen molar-refractivity contribution in [2.75, 3.05) is 25.0 Å². The minimum Gasteiger partial charge on any atom is -0.367 e. The van der Waals surface area contributed by atoms with E-state index < -0.39 is 11.6 Å². The Morgan fingerprint density at radius 3 is 2.70 bits per heavy atom. The summed E-state index contributed by atoms with van der Waals surface area (Å²) < 4.78 is 14.1. The summed E-state index contributed by atoms with van der Waals surface area (Å²) in [6.07, 6.45) is 0.0316. The first-order valence-corrected chi connectivity index (χ1v) is 7.47. The molecular formula is C17H18FN3O2. The van der Waals surface area contributed by atoms with Crippen LogP contribution in [0, 0.1) is 0 Å². The minimum atomic E-state index is -2.03. The summed E-state index contributed by atoms with van der Waals surface area (Å²) >= 11 is 0. The highest BCUT2D eigenvalue weighted by atomic mass is 19.1. The molecule has 2 aromatic carbocycles. The zero-order valence-corrected chi connectivity index (χ0v) is 12.6. The molecule has 2 aromatic rings. The van der Waals surface area contributed by atoms with E-state index in [0.29, 0.717) is 12.2 Å². The van der Waals surface area contributed by atoms with Gasteiger partial charge in [-0.15, -0.1) is 0 Å². The monoisotopic (exact) mass is 315 g/mol. The molecule has 1 heterocycles. The topological polar surface area (TPSA) is 75.4 Å². The predicted molar refractivity (Wildman–Crippen MR) is 86.7 cm³/mol. The maximum absolute atomic E-state index is 14.1. The van der Waals surface area contributed by atoms with Crippen molar-refractivity contribution in [3.05, 3.63) is 42.5 Å². The summed E-state index contributed by atoms with van der Waals surface area (Å²) in [7, 11) is 0. The minimum absolute atomic E-state index is 0.0299. The van der Waals surface area contributed by atoms with Crippen LogP contribution in [0.25, 0.3) is 10.8 Å². The molecule has 3 rings (SSSR count). The van der Waals surface area contributed by atoms with Gasteiger partial charge in [0.15, 0.2) is 0 Å². The van der Waals surface area contributed by atoms with Gasteiger partial charge in [0.2, 0.25) is 11.6 Å². The molecule has 1 aliphatic rings. The highest BCUT2D eigenvalue weighted by Gasteiger charge is 2.43. The van der Waals surface area contributed by atoms with E-state index in [1.165, 1.54) is 0 Å². The fraction of sp³-hybridized carbons (Fsp3) is 0.294. The summed E-state index contributed by atoms with van der Waals surface area (Å²) in [5.74, 6) is -1.20. The van der Waals surface area contributed by atoms with E-state index in [2.05, 4.69) is 5.32 Å². The maximum Gasteiger partial charge on any atom is 0.256 e. The molecule has 0 radical (unpaired) electrons. The number of alkyl halides is 1. The molecule has 1 fully saturated rings. The lowest BCUT2D eigenvalue weighted by Crippen LogP contribution is -2.43. The first kappa shape index (κ1) is 15.4. The summed E-state index contributed by atoms with van der Waals surface area (Å²) in [6.45, 7) is 0.232. The molecule has 5 nitrogen and oxygen atoms in total. The molecular weight excluding hydrogens is 297 g/mol. The number of amides is 2. The Morgan fingerprint density at radius 1 is 1.22 bits per heavy atom. The Morgan fingerprint density at radius 2 is 1.96 bits per heavy atom. The molecule has 0 spiro atoms. The Kier molecular flexibility index (Phi) is 4.00. The number of halogens is 1. The summed E-state index contributed by atoms with van der Waals surface area (Å²) in [4.78, 5) is 24.9. The number of nitrogens with zero attached hydrogens (tertiary/aromatic N) is 1. The summed E-state index contributed by atoms with van der Waals surface area (Å²) in [5, 5.41) is 4.83. The third-order valence-corrected chi connectivity index (χ3v) is 4.17. The van der Waals surface area contributed by atoms with Gasteiger partial charge in [0.25, 0.3) is 5.91 Å². The van der Waals surface area contributed by atoms with E-state index in [1.54, 1.807) is 4.90 Å². The van der Waals surface area contributed by atoms with Crippen LogP contribution in [0.5, 0.6) is 0 Å². The van der Waals surface area contributed by atoms with Crippen molar-refractivity contribution < 1.29 is 14.0 Å². The van der Waals surface area contributed by atoms with Gasteiger partial charge in [0.05, 0.1) is 6.54 Å². The smallest absolute Gasteiger partial charge is 0.256 e. The van der Waals surface area contributed by atoms with Gasteiger partial charge in [-0.2, -0.15) is 0 Å². The number of likely N-dealkylation sites (tertiary alicyclic amines) is 1. The number of benzene rings is 2. The fourth-order valence-corrected chi connectivity index (χ4v) is 2.91. The molecule has 120 valence electrons. The quantitative estimate of drug-likeness (QED) is 0.901. The van der Waals surface area contributed by atoms with Gasteiger partial charge in [-0.1, -0.05) is 36.4 Å². The summed E-state index contributed by atoms with van der Waals surface area (Å²) in [5.41, 5.74) is 3.76. The van der Waals surface area contributed by atoms with Crippen molar-refractivity contribution in [3.8, 4) is 0 Å². The number of hydrogen-bond acceptors (Lipinski definition) is 3. The van der Waals surface area contributed by atoms with Crippen molar-refractivity contribution in [1.82, 2.24) is 4.90 Å². The van der Waals surface area contributed by atoms with Gasteiger partial charge in [0.1, 0.15) is 0 Å². The van der Waals surface area contributed by atoms with Crippen LogP contribution in [0.2, 0.25) is 0 Å². The second-order valence-corrected chi connectivity index (χ2v) is 5.87. The van der Waals surface area contributed by atoms with Crippen molar-refractivity contribution in [2.24, 2.45) is 5.73 Å². The van der Waals surface area contributed by atoms with Gasteiger partial charge in [-0.25, -0.2) is 4.39 Å². The van der Waals surface area contributed by atoms with E-state index in [1.807, 2.05) is 42.5 Å². The van der Waals surface area contributed by atoms with Crippen LogP contribution in [0.1, 0.15) is 6.42 Å². The van der Waals surface area contributed by atoms with Crippen molar-refractivity contribution in [3.63, 3.8) is 0 Å². The number of rotatable bonds is 4. The standard InChI is InChI=1S/C17H18FN3O2/c18-17(16(19)23)8-9-21(11-17)10-15(22)20-14-7-3-5-12-4-1-2-6-13(12)14/h1-7H,8-11H2,(H2,19,23)(H,20,22). The van der Waals surface area contributed by atoms with Crippen LogP contribution < -0.4 is 11.1 Å². The number of fused-ring (bicyclic) bond motifs is 1. The van der Waals surface area contributed by atoms with Gasteiger partial charge >= 0.3 is 0 Å². The lowest BCUT2D eigenvalue weighted by atomic mass is 10.1. The number of carbonyl (C=O) groups excluding carboxylic acids is 2. The van der Waals surface area contributed by atoms with Gasteiger partial charge < -0.3 is 11.1 Å². The second-order valence-electron chi connectivity index (χ2n) is 5.87. The molecule has 6 heteroatoms. The number of carbonyl (C=O) groups is 2.